The van der Waals surface area contributed by atoms with E-state index < -0.39 is 0 Å². The fraction of sp³-hybridized carbons (Fsp3) is 0.467. The number of halogens is 1. The molecule has 6 heteroatoms. The van der Waals surface area contributed by atoms with E-state index in [4.69, 9.17) is 17.3 Å². The van der Waals surface area contributed by atoms with Crippen LogP contribution < -0.4 is 16.2 Å². The summed E-state index contributed by atoms with van der Waals surface area (Å²) in [7, 11) is 1.70. The predicted molar refractivity (Wildman–Crippen MR) is 86.0 cm³/mol. The monoisotopic (exact) mass is 306 g/mol. The van der Waals surface area contributed by atoms with Crippen LogP contribution in [0.15, 0.2) is 23.1 Å². The molecule has 1 saturated heterocycles. The Bertz CT molecular complexity index is 719. The van der Waals surface area contributed by atoms with Gasteiger partial charge in [0.25, 0.3) is 5.56 Å². The van der Waals surface area contributed by atoms with Crippen LogP contribution in [0.2, 0.25) is 5.02 Å². The molecule has 21 heavy (non-hydrogen) atoms. The highest BCUT2D eigenvalue weighted by atomic mass is 35.5. The summed E-state index contributed by atoms with van der Waals surface area (Å²) in [6.07, 6.45) is 3.94. The van der Waals surface area contributed by atoms with E-state index in [1.807, 2.05) is 6.07 Å². The van der Waals surface area contributed by atoms with Crippen molar-refractivity contribution in [3.63, 3.8) is 0 Å². The zero-order chi connectivity index (χ0) is 15.0. The van der Waals surface area contributed by atoms with Gasteiger partial charge in [0.1, 0.15) is 10.7 Å². The molecule has 0 spiro atoms. The number of anilines is 1. The Morgan fingerprint density at radius 3 is 2.81 bits per heavy atom. The van der Waals surface area contributed by atoms with Crippen LogP contribution in [0.4, 0.5) is 5.69 Å². The second-order valence-electron chi connectivity index (χ2n) is 5.59. The van der Waals surface area contributed by atoms with Crippen molar-refractivity contribution in [3.8, 4) is 0 Å². The van der Waals surface area contributed by atoms with E-state index in [-0.39, 0.29) is 10.6 Å². The number of nitrogens with two attached hydrogens (primary N) is 1. The summed E-state index contributed by atoms with van der Waals surface area (Å²) >= 11 is 6.05. The molecule has 0 bridgehead atoms. The quantitative estimate of drug-likeness (QED) is 0.918. The summed E-state index contributed by atoms with van der Waals surface area (Å²) in [5, 5.41) is 1.16. The standard InChI is InChI=1S/C15H19ClN4O/c1-19-14-11(8-12(16)15(19)21)13(2-5-18-14)20-6-3-10(9-17)4-7-20/h2,5,8,10H,3-4,6-7,9,17H2,1H3. The highest BCUT2D eigenvalue weighted by molar-refractivity contribution is 6.31. The smallest absolute Gasteiger partial charge is 0.270 e. The van der Waals surface area contributed by atoms with Crippen molar-refractivity contribution in [2.24, 2.45) is 18.7 Å². The zero-order valence-corrected chi connectivity index (χ0v) is 12.8. The number of nitrogens with zero attached hydrogens (tertiary/aromatic N) is 3. The molecule has 0 atom stereocenters. The van der Waals surface area contributed by atoms with Crippen LogP contribution >= 0.6 is 11.6 Å². The summed E-state index contributed by atoms with van der Waals surface area (Å²) in [5.41, 5.74) is 7.30. The molecule has 3 rings (SSSR count). The lowest BCUT2D eigenvalue weighted by molar-refractivity contribution is 0.415. The molecule has 0 saturated carbocycles. The van der Waals surface area contributed by atoms with E-state index in [9.17, 15) is 4.79 Å². The number of aryl methyl sites for hydroxylation is 1. The Hall–Kier alpha value is -1.59. The van der Waals surface area contributed by atoms with Crippen molar-refractivity contribution < 1.29 is 0 Å². The van der Waals surface area contributed by atoms with Crippen molar-refractivity contribution in [1.29, 1.82) is 0 Å². The number of piperidine rings is 1. The maximum Gasteiger partial charge on any atom is 0.270 e. The fourth-order valence-corrected chi connectivity index (χ4v) is 3.22. The summed E-state index contributed by atoms with van der Waals surface area (Å²) in [4.78, 5) is 18.6. The highest BCUT2D eigenvalue weighted by Gasteiger charge is 2.20. The summed E-state index contributed by atoms with van der Waals surface area (Å²) < 4.78 is 1.51. The first-order chi connectivity index (χ1) is 10.1. The molecule has 2 aromatic rings. The first-order valence-corrected chi connectivity index (χ1v) is 7.59. The molecule has 5 nitrogen and oxygen atoms in total. The zero-order valence-electron chi connectivity index (χ0n) is 12.1. The predicted octanol–water partition coefficient (Wildman–Crippen LogP) is 1.76. The van der Waals surface area contributed by atoms with Crippen LogP contribution in [0, 0.1) is 5.92 Å². The number of hydrogen-bond donors (Lipinski definition) is 1. The second-order valence-corrected chi connectivity index (χ2v) is 6.00. The van der Waals surface area contributed by atoms with Crippen LogP contribution in [-0.2, 0) is 7.05 Å². The van der Waals surface area contributed by atoms with Gasteiger partial charge in [-0.2, -0.15) is 0 Å². The molecular weight excluding hydrogens is 288 g/mol. The van der Waals surface area contributed by atoms with Crippen molar-refractivity contribution >= 4 is 28.3 Å². The number of rotatable bonds is 2. The Morgan fingerprint density at radius 1 is 1.43 bits per heavy atom. The lowest BCUT2D eigenvalue weighted by Crippen LogP contribution is -2.36. The van der Waals surface area contributed by atoms with Gasteiger partial charge >= 0.3 is 0 Å². The summed E-state index contributed by atoms with van der Waals surface area (Å²) in [6, 6.07) is 3.72. The molecule has 2 aromatic heterocycles. The largest absolute Gasteiger partial charge is 0.371 e. The Balaban J connectivity index is 2.06. The maximum absolute atomic E-state index is 11.9. The fourth-order valence-electron chi connectivity index (χ4n) is 2.99. The molecule has 2 N–H and O–H groups in total. The molecule has 0 unspecified atom stereocenters. The molecular formula is C15H19ClN4O. The van der Waals surface area contributed by atoms with Gasteiger partial charge in [0.05, 0.1) is 0 Å². The van der Waals surface area contributed by atoms with Gasteiger partial charge in [-0.15, -0.1) is 0 Å². The minimum Gasteiger partial charge on any atom is -0.371 e. The molecule has 0 aromatic carbocycles. The van der Waals surface area contributed by atoms with Gasteiger partial charge in [-0.25, -0.2) is 4.98 Å². The summed E-state index contributed by atoms with van der Waals surface area (Å²) in [6.45, 7) is 2.70. The van der Waals surface area contributed by atoms with Gasteiger partial charge in [-0.05, 0) is 37.4 Å². The van der Waals surface area contributed by atoms with Crippen molar-refractivity contribution in [2.75, 3.05) is 24.5 Å². The molecule has 3 heterocycles. The topological polar surface area (TPSA) is 64.2 Å². The Labute approximate surface area is 128 Å². The molecule has 0 aliphatic carbocycles. The van der Waals surface area contributed by atoms with Gasteiger partial charge in [-0.3, -0.25) is 9.36 Å². The van der Waals surface area contributed by atoms with Crippen LogP contribution in [-0.4, -0.2) is 29.2 Å². The minimum absolute atomic E-state index is 0.212. The average molecular weight is 307 g/mol. The average Bonchev–Trinajstić information content (AvgIpc) is 2.52. The molecule has 1 aliphatic heterocycles. The third-order valence-corrected chi connectivity index (χ3v) is 4.60. The van der Waals surface area contributed by atoms with Crippen LogP contribution in [0.3, 0.4) is 0 Å². The number of fused-ring (bicyclic) bond motifs is 1. The van der Waals surface area contributed by atoms with Crippen LogP contribution in [0.5, 0.6) is 0 Å². The SMILES string of the molecule is Cn1c(=O)c(Cl)cc2c(N3CCC(CN)CC3)ccnc21. The van der Waals surface area contributed by atoms with E-state index in [1.165, 1.54) is 4.57 Å². The van der Waals surface area contributed by atoms with Crippen molar-refractivity contribution in [1.82, 2.24) is 9.55 Å². The molecule has 1 aliphatic rings. The summed E-state index contributed by atoms with van der Waals surface area (Å²) in [5.74, 6) is 0.613. The normalized spacial score (nSPS) is 16.6. The lowest BCUT2D eigenvalue weighted by atomic mass is 9.96. The first kappa shape index (κ1) is 14.4. The van der Waals surface area contributed by atoms with Crippen molar-refractivity contribution in [3.05, 3.63) is 33.7 Å². The second kappa shape index (κ2) is 5.66. The van der Waals surface area contributed by atoms with Crippen LogP contribution in [0.25, 0.3) is 11.0 Å². The molecule has 1 fully saturated rings. The van der Waals surface area contributed by atoms with E-state index >= 15 is 0 Å². The minimum atomic E-state index is -0.212. The van der Waals surface area contributed by atoms with E-state index in [1.54, 1.807) is 19.3 Å². The van der Waals surface area contributed by atoms with Crippen LogP contribution in [0.1, 0.15) is 12.8 Å². The molecule has 0 radical (unpaired) electrons. The third-order valence-electron chi connectivity index (χ3n) is 4.33. The van der Waals surface area contributed by atoms with Gasteiger partial charge in [-0.1, -0.05) is 11.6 Å². The lowest BCUT2D eigenvalue weighted by Gasteiger charge is -2.33. The van der Waals surface area contributed by atoms with Crippen molar-refractivity contribution in [2.45, 2.75) is 12.8 Å². The van der Waals surface area contributed by atoms with Gasteiger partial charge in [0, 0.05) is 37.4 Å². The van der Waals surface area contributed by atoms with E-state index in [2.05, 4.69) is 9.88 Å². The van der Waals surface area contributed by atoms with Gasteiger partial charge < -0.3 is 10.6 Å². The molecule has 112 valence electrons. The van der Waals surface area contributed by atoms with Gasteiger partial charge in [0.2, 0.25) is 0 Å². The first-order valence-electron chi connectivity index (χ1n) is 7.21. The van der Waals surface area contributed by atoms with Gasteiger partial charge in [0.15, 0.2) is 0 Å². The number of aromatic nitrogens is 2. The Morgan fingerprint density at radius 2 is 2.14 bits per heavy atom. The highest BCUT2D eigenvalue weighted by Crippen LogP contribution is 2.29. The van der Waals surface area contributed by atoms with E-state index in [0.717, 1.165) is 43.5 Å². The maximum atomic E-state index is 11.9. The van der Waals surface area contributed by atoms with E-state index in [0.29, 0.717) is 11.6 Å². The third kappa shape index (κ3) is 2.51. The Kier molecular flexibility index (Phi) is 3.87. The molecule has 0 amide bonds. The number of hydrogen-bond acceptors (Lipinski definition) is 4. The number of pyridine rings is 2.